The summed E-state index contributed by atoms with van der Waals surface area (Å²) in [6.45, 7) is 7.89. The van der Waals surface area contributed by atoms with Crippen LogP contribution in [0.4, 0.5) is 4.39 Å². The molecule has 1 rings (SSSR count). The van der Waals surface area contributed by atoms with E-state index in [1.54, 1.807) is 11.8 Å². The average Bonchev–Trinajstić information content (AvgIpc) is 2.41. The van der Waals surface area contributed by atoms with E-state index in [9.17, 15) is 14.0 Å². The van der Waals surface area contributed by atoms with Crippen LogP contribution in [0.25, 0.3) is 0 Å². The number of amides is 1. The smallest absolute Gasteiger partial charge is 0.263 e. The molecule has 0 radical (unpaired) electrons. The van der Waals surface area contributed by atoms with Crippen LogP contribution in [0.1, 0.15) is 38.1 Å². The first kappa shape index (κ1) is 16.1. The Bertz CT molecular complexity index is 498. The summed E-state index contributed by atoms with van der Waals surface area (Å²) in [5.41, 5.74) is 0.143. The van der Waals surface area contributed by atoms with Crippen molar-refractivity contribution in [2.75, 3.05) is 13.1 Å². The molecule has 1 aromatic carbocycles. The highest BCUT2D eigenvalue weighted by atomic mass is 19.1. The van der Waals surface area contributed by atoms with Gasteiger partial charge in [-0.2, -0.15) is 0 Å². The molecule has 0 bridgehead atoms. The maximum absolute atomic E-state index is 13.2. The first-order valence-electron chi connectivity index (χ1n) is 6.66. The number of ketones is 1. The molecule has 1 aromatic rings. The van der Waals surface area contributed by atoms with Crippen LogP contribution in [-0.2, 0) is 4.79 Å². The van der Waals surface area contributed by atoms with E-state index >= 15 is 0 Å². The molecule has 0 fully saturated rings. The first-order chi connectivity index (χ1) is 9.40. The lowest BCUT2D eigenvalue weighted by Gasteiger charge is -2.24. The summed E-state index contributed by atoms with van der Waals surface area (Å²) in [5.74, 6) is -0.743. The van der Waals surface area contributed by atoms with Crippen LogP contribution >= 0.6 is 0 Å². The van der Waals surface area contributed by atoms with Gasteiger partial charge >= 0.3 is 0 Å². The van der Waals surface area contributed by atoms with Crippen LogP contribution in [0.5, 0.6) is 5.75 Å². The minimum atomic E-state index is -0.724. The molecule has 0 aliphatic heterocycles. The van der Waals surface area contributed by atoms with Crippen molar-refractivity contribution in [2.24, 2.45) is 0 Å². The van der Waals surface area contributed by atoms with Crippen LogP contribution in [0.15, 0.2) is 18.2 Å². The van der Waals surface area contributed by atoms with Gasteiger partial charge in [-0.25, -0.2) is 4.39 Å². The van der Waals surface area contributed by atoms with Crippen molar-refractivity contribution in [1.29, 1.82) is 0 Å². The van der Waals surface area contributed by atoms with Crippen LogP contribution in [0.3, 0.4) is 0 Å². The SMILES string of the molecule is CCN(CC)C(=O)C(C)Oc1ccc(F)cc1C(C)=O. The summed E-state index contributed by atoms with van der Waals surface area (Å²) in [7, 11) is 0. The second-order valence-electron chi connectivity index (χ2n) is 4.47. The number of hydrogen-bond acceptors (Lipinski definition) is 3. The van der Waals surface area contributed by atoms with Crippen LogP contribution < -0.4 is 4.74 Å². The fourth-order valence-electron chi connectivity index (χ4n) is 1.91. The van der Waals surface area contributed by atoms with Gasteiger partial charge in [0.05, 0.1) is 5.56 Å². The Morgan fingerprint density at radius 1 is 1.30 bits per heavy atom. The van der Waals surface area contributed by atoms with Crippen molar-refractivity contribution < 1.29 is 18.7 Å². The monoisotopic (exact) mass is 281 g/mol. The number of likely N-dealkylation sites (N-methyl/N-ethyl adjacent to an activating group) is 1. The predicted molar refractivity (Wildman–Crippen MR) is 74.4 cm³/mol. The standard InChI is InChI=1S/C15H20FNO3/c1-5-17(6-2)15(19)11(4)20-14-8-7-12(16)9-13(14)10(3)18/h7-9,11H,5-6H2,1-4H3. The molecular weight excluding hydrogens is 261 g/mol. The third-order valence-corrected chi connectivity index (χ3v) is 3.05. The number of halogens is 1. The van der Waals surface area contributed by atoms with E-state index in [0.717, 1.165) is 6.07 Å². The van der Waals surface area contributed by atoms with Gasteiger partial charge in [0.15, 0.2) is 11.9 Å². The number of rotatable bonds is 6. The van der Waals surface area contributed by atoms with E-state index in [1.807, 2.05) is 13.8 Å². The van der Waals surface area contributed by atoms with E-state index in [4.69, 9.17) is 4.74 Å². The van der Waals surface area contributed by atoms with Crippen LogP contribution in [-0.4, -0.2) is 35.8 Å². The average molecular weight is 281 g/mol. The molecule has 1 amide bonds. The van der Waals surface area contributed by atoms with Gasteiger partial charge in [-0.05, 0) is 45.9 Å². The number of ether oxygens (including phenoxy) is 1. The number of hydrogen-bond donors (Lipinski definition) is 0. The lowest BCUT2D eigenvalue weighted by molar-refractivity contribution is -0.137. The Morgan fingerprint density at radius 3 is 2.40 bits per heavy atom. The van der Waals surface area contributed by atoms with E-state index in [-0.39, 0.29) is 23.0 Å². The molecule has 4 nitrogen and oxygen atoms in total. The van der Waals surface area contributed by atoms with Gasteiger partial charge < -0.3 is 9.64 Å². The summed E-state index contributed by atoms with van der Waals surface area (Å²) in [4.78, 5) is 25.2. The van der Waals surface area contributed by atoms with E-state index < -0.39 is 11.9 Å². The van der Waals surface area contributed by atoms with Gasteiger partial charge in [-0.3, -0.25) is 9.59 Å². The third kappa shape index (κ3) is 3.79. The Labute approximate surface area is 118 Å². The van der Waals surface area contributed by atoms with Crippen molar-refractivity contribution in [2.45, 2.75) is 33.8 Å². The Balaban J connectivity index is 2.93. The van der Waals surface area contributed by atoms with E-state index in [0.29, 0.717) is 13.1 Å². The topological polar surface area (TPSA) is 46.6 Å². The van der Waals surface area contributed by atoms with Gasteiger partial charge in [0.2, 0.25) is 0 Å². The van der Waals surface area contributed by atoms with Gasteiger partial charge in [0, 0.05) is 13.1 Å². The summed E-state index contributed by atoms with van der Waals surface area (Å²) in [5, 5.41) is 0. The highest BCUT2D eigenvalue weighted by molar-refractivity contribution is 5.97. The number of nitrogens with zero attached hydrogens (tertiary/aromatic N) is 1. The number of Topliss-reactive ketones (excluding diaryl/α,β-unsaturated/α-hetero) is 1. The lowest BCUT2D eigenvalue weighted by atomic mass is 10.1. The zero-order valence-corrected chi connectivity index (χ0v) is 12.3. The Hall–Kier alpha value is -1.91. The highest BCUT2D eigenvalue weighted by Gasteiger charge is 2.21. The molecule has 0 N–H and O–H groups in total. The van der Waals surface area contributed by atoms with Crippen LogP contribution in [0, 0.1) is 5.82 Å². The largest absolute Gasteiger partial charge is 0.480 e. The molecule has 0 spiro atoms. The predicted octanol–water partition coefficient (Wildman–Crippen LogP) is 2.66. The Kier molecular flexibility index (Phi) is 5.67. The van der Waals surface area contributed by atoms with Crippen molar-refractivity contribution >= 4 is 11.7 Å². The van der Waals surface area contributed by atoms with E-state index in [1.165, 1.54) is 19.1 Å². The molecule has 0 saturated heterocycles. The first-order valence-corrected chi connectivity index (χ1v) is 6.66. The molecule has 1 unspecified atom stereocenters. The van der Waals surface area contributed by atoms with Crippen molar-refractivity contribution in [3.05, 3.63) is 29.6 Å². The number of carbonyl (C=O) groups excluding carboxylic acids is 2. The van der Waals surface area contributed by atoms with Gasteiger partial charge in [0.1, 0.15) is 11.6 Å². The van der Waals surface area contributed by atoms with Crippen LogP contribution in [0.2, 0.25) is 0 Å². The molecule has 0 heterocycles. The summed E-state index contributed by atoms with van der Waals surface area (Å²) in [6.07, 6.45) is -0.724. The zero-order chi connectivity index (χ0) is 15.3. The molecule has 110 valence electrons. The van der Waals surface area contributed by atoms with Crippen molar-refractivity contribution in [3.63, 3.8) is 0 Å². The molecule has 1 atom stereocenters. The molecule has 5 heteroatoms. The highest BCUT2D eigenvalue weighted by Crippen LogP contribution is 2.22. The fourth-order valence-corrected chi connectivity index (χ4v) is 1.91. The number of benzene rings is 1. The molecule has 0 saturated carbocycles. The van der Waals surface area contributed by atoms with Gasteiger partial charge in [-0.1, -0.05) is 0 Å². The van der Waals surface area contributed by atoms with Gasteiger partial charge in [0.25, 0.3) is 5.91 Å². The minimum absolute atomic E-state index is 0.143. The molecular formula is C15H20FNO3. The maximum Gasteiger partial charge on any atom is 0.263 e. The minimum Gasteiger partial charge on any atom is -0.480 e. The summed E-state index contributed by atoms with van der Waals surface area (Å²) in [6, 6.07) is 3.70. The molecule has 0 aliphatic rings. The molecule has 0 aromatic heterocycles. The van der Waals surface area contributed by atoms with Crippen molar-refractivity contribution in [1.82, 2.24) is 4.90 Å². The second kappa shape index (κ2) is 7.03. The Morgan fingerprint density at radius 2 is 1.90 bits per heavy atom. The molecule has 0 aliphatic carbocycles. The quantitative estimate of drug-likeness (QED) is 0.753. The normalized spacial score (nSPS) is 11.8. The van der Waals surface area contributed by atoms with Gasteiger partial charge in [-0.15, -0.1) is 0 Å². The zero-order valence-electron chi connectivity index (χ0n) is 12.3. The lowest BCUT2D eigenvalue weighted by Crippen LogP contribution is -2.40. The second-order valence-corrected chi connectivity index (χ2v) is 4.47. The number of carbonyl (C=O) groups is 2. The summed E-state index contributed by atoms with van der Waals surface area (Å²) >= 11 is 0. The third-order valence-electron chi connectivity index (χ3n) is 3.05. The fraction of sp³-hybridized carbons (Fsp3) is 0.467. The molecule has 20 heavy (non-hydrogen) atoms. The summed E-state index contributed by atoms with van der Waals surface area (Å²) < 4.78 is 18.7. The van der Waals surface area contributed by atoms with Crippen molar-refractivity contribution in [3.8, 4) is 5.75 Å². The maximum atomic E-state index is 13.2. The van der Waals surface area contributed by atoms with E-state index in [2.05, 4.69) is 0 Å².